The van der Waals surface area contributed by atoms with E-state index in [-0.39, 0.29) is 11.6 Å². The summed E-state index contributed by atoms with van der Waals surface area (Å²) in [7, 11) is 0. The Balaban J connectivity index is 1.78. The van der Waals surface area contributed by atoms with Crippen LogP contribution in [-0.2, 0) is 4.74 Å². The van der Waals surface area contributed by atoms with E-state index in [9.17, 15) is 0 Å². The van der Waals surface area contributed by atoms with Crippen LogP contribution in [0.15, 0.2) is 30.3 Å². The predicted molar refractivity (Wildman–Crippen MR) is 76.4 cm³/mol. The first-order chi connectivity index (χ1) is 9.03. The molecule has 1 aliphatic heterocycles. The summed E-state index contributed by atoms with van der Waals surface area (Å²) in [5, 5.41) is 0. The first kappa shape index (κ1) is 14.3. The van der Waals surface area contributed by atoms with Gasteiger partial charge in [0.15, 0.2) is 0 Å². The standard InChI is InChI=1S/C15H24N2O2/c1-15(2,16)12-17-8-9-18-14(10-17)11-19-13-6-4-3-5-7-13/h3-7,14H,8-12,16H2,1-2H3. The van der Waals surface area contributed by atoms with Crippen LogP contribution in [0.2, 0.25) is 0 Å². The van der Waals surface area contributed by atoms with Gasteiger partial charge in [0.1, 0.15) is 18.5 Å². The number of rotatable bonds is 5. The van der Waals surface area contributed by atoms with Crippen LogP contribution in [0.4, 0.5) is 0 Å². The topological polar surface area (TPSA) is 47.7 Å². The maximum absolute atomic E-state index is 6.06. The number of morpholine rings is 1. The number of hydrogen-bond donors (Lipinski definition) is 1. The van der Waals surface area contributed by atoms with Crippen molar-refractivity contribution in [3.63, 3.8) is 0 Å². The van der Waals surface area contributed by atoms with Crippen molar-refractivity contribution in [2.24, 2.45) is 5.73 Å². The van der Waals surface area contributed by atoms with Crippen molar-refractivity contribution in [1.82, 2.24) is 4.90 Å². The molecule has 1 atom stereocenters. The number of nitrogens with zero attached hydrogens (tertiary/aromatic N) is 1. The summed E-state index contributed by atoms with van der Waals surface area (Å²) >= 11 is 0. The van der Waals surface area contributed by atoms with Crippen LogP contribution in [0.3, 0.4) is 0 Å². The molecular formula is C15H24N2O2. The highest BCUT2D eigenvalue weighted by molar-refractivity contribution is 5.20. The smallest absolute Gasteiger partial charge is 0.119 e. The molecule has 1 heterocycles. The molecule has 0 saturated carbocycles. The molecule has 0 aliphatic carbocycles. The lowest BCUT2D eigenvalue weighted by Gasteiger charge is -2.36. The Morgan fingerprint density at radius 1 is 1.37 bits per heavy atom. The quantitative estimate of drug-likeness (QED) is 0.875. The van der Waals surface area contributed by atoms with Gasteiger partial charge in [0, 0.05) is 25.2 Å². The van der Waals surface area contributed by atoms with Gasteiger partial charge >= 0.3 is 0 Å². The highest BCUT2D eigenvalue weighted by Crippen LogP contribution is 2.13. The van der Waals surface area contributed by atoms with Crippen LogP contribution in [0.5, 0.6) is 5.75 Å². The largest absolute Gasteiger partial charge is 0.491 e. The minimum atomic E-state index is -0.165. The number of hydrogen-bond acceptors (Lipinski definition) is 4. The summed E-state index contributed by atoms with van der Waals surface area (Å²) in [4.78, 5) is 2.35. The van der Waals surface area contributed by atoms with E-state index < -0.39 is 0 Å². The molecule has 2 N–H and O–H groups in total. The molecule has 0 radical (unpaired) electrons. The van der Waals surface area contributed by atoms with Crippen molar-refractivity contribution in [3.8, 4) is 5.75 Å². The van der Waals surface area contributed by atoms with Gasteiger partial charge in [0.05, 0.1) is 6.61 Å². The molecule has 4 heteroatoms. The lowest BCUT2D eigenvalue weighted by atomic mass is 10.1. The van der Waals surface area contributed by atoms with Crippen LogP contribution in [-0.4, -0.2) is 49.4 Å². The van der Waals surface area contributed by atoms with E-state index in [1.165, 1.54) is 0 Å². The Kier molecular flexibility index (Phi) is 4.80. The van der Waals surface area contributed by atoms with Gasteiger partial charge in [-0.2, -0.15) is 0 Å². The zero-order chi connectivity index (χ0) is 13.7. The fourth-order valence-electron chi connectivity index (χ4n) is 2.31. The van der Waals surface area contributed by atoms with Gasteiger partial charge in [0.2, 0.25) is 0 Å². The summed E-state index contributed by atoms with van der Waals surface area (Å²) in [6.07, 6.45) is 0.122. The van der Waals surface area contributed by atoms with E-state index in [4.69, 9.17) is 15.2 Å². The second-order valence-corrected chi connectivity index (χ2v) is 5.84. The second-order valence-electron chi connectivity index (χ2n) is 5.84. The SMILES string of the molecule is CC(C)(N)CN1CCOC(COc2ccccc2)C1. The minimum Gasteiger partial charge on any atom is -0.491 e. The maximum atomic E-state index is 6.06. The van der Waals surface area contributed by atoms with Crippen LogP contribution in [0, 0.1) is 0 Å². The highest BCUT2D eigenvalue weighted by Gasteiger charge is 2.24. The molecule has 4 nitrogen and oxygen atoms in total. The molecule has 1 aliphatic rings. The van der Waals surface area contributed by atoms with Crippen LogP contribution in [0.1, 0.15) is 13.8 Å². The number of benzene rings is 1. The van der Waals surface area contributed by atoms with Gasteiger partial charge in [-0.15, -0.1) is 0 Å². The predicted octanol–water partition coefficient (Wildman–Crippen LogP) is 1.50. The van der Waals surface area contributed by atoms with E-state index in [1.807, 2.05) is 30.3 Å². The van der Waals surface area contributed by atoms with Crippen LogP contribution < -0.4 is 10.5 Å². The van der Waals surface area contributed by atoms with Gasteiger partial charge < -0.3 is 15.2 Å². The third kappa shape index (κ3) is 5.19. The molecule has 1 aromatic carbocycles. The van der Waals surface area contributed by atoms with E-state index in [0.29, 0.717) is 6.61 Å². The maximum Gasteiger partial charge on any atom is 0.119 e. The molecule has 2 rings (SSSR count). The minimum absolute atomic E-state index is 0.122. The van der Waals surface area contributed by atoms with E-state index in [1.54, 1.807) is 0 Å². The zero-order valence-corrected chi connectivity index (χ0v) is 11.8. The third-order valence-electron chi connectivity index (χ3n) is 3.03. The van der Waals surface area contributed by atoms with Gasteiger partial charge in [-0.05, 0) is 26.0 Å². The fourth-order valence-corrected chi connectivity index (χ4v) is 2.31. The molecule has 1 aromatic rings. The molecule has 0 aromatic heterocycles. The lowest BCUT2D eigenvalue weighted by molar-refractivity contribution is -0.0517. The van der Waals surface area contributed by atoms with Gasteiger partial charge in [-0.1, -0.05) is 18.2 Å². The molecule has 106 valence electrons. The zero-order valence-electron chi connectivity index (χ0n) is 11.8. The Morgan fingerprint density at radius 2 is 2.11 bits per heavy atom. The number of nitrogens with two attached hydrogens (primary N) is 1. The first-order valence-corrected chi connectivity index (χ1v) is 6.84. The fraction of sp³-hybridized carbons (Fsp3) is 0.600. The monoisotopic (exact) mass is 264 g/mol. The van der Waals surface area contributed by atoms with Crippen molar-refractivity contribution in [1.29, 1.82) is 0 Å². The highest BCUT2D eigenvalue weighted by atomic mass is 16.5. The second kappa shape index (κ2) is 6.37. The molecule has 0 bridgehead atoms. The third-order valence-corrected chi connectivity index (χ3v) is 3.03. The molecule has 1 saturated heterocycles. The number of para-hydroxylation sites is 1. The van der Waals surface area contributed by atoms with E-state index >= 15 is 0 Å². The van der Waals surface area contributed by atoms with E-state index in [0.717, 1.165) is 32.0 Å². The summed E-state index contributed by atoms with van der Waals surface area (Å²) in [6.45, 7) is 8.16. The summed E-state index contributed by atoms with van der Waals surface area (Å²) in [5.74, 6) is 0.891. The molecule has 0 amide bonds. The average molecular weight is 264 g/mol. The Labute approximate surface area is 115 Å². The number of ether oxygens (including phenoxy) is 2. The normalized spacial score (nSPS) is 21.3. The van der Waals surface area contributed by atoms with Crippen molar-refractivity contribution in [2.45, 2.75) is 25.5 Å². The van der Waals surface area contributed by atoms with E-state index in [2.05, 4.69) is 18.7 Å². The molecule has 19 heavy (non-hydrogen) atoms. The van der Waals surface area contributed by atoms with Crippen molar-refractivity contribution in [3.05, 3.63) is 30.3 Å². The van der Waals surface area contributed by atoms with Gasteiger partial charge in [0.25, 0.3) is 0 Å². The van der Waals surface area contributed by atoms with Crippen LogP contribution in [0.25, 0.3) is 0 Å². The molecule has 1 unspecified atom stereocenters. The summed E-state index contributed by atoms with van der Waals surface area (Å²) in [6, 6.07) is 9.85. The van der Waals surface area contributed by atoms with Crippen molar-refractivity contribution < 1.29 is 9.47 Å². The summed E-state index contributed by atoms with van der Waals surface area (Å²) < 4.78 is 11.5. The van der Waals surface area contributed by atoms with Crippen molar-refractivity contribution in [2.75, 3.05) is 32.8 Å². The molecule has 1 fully saturated rings. The van der Waals surface area contributed by atoms with Gasteiger partial charge in [-0.3, -0.25) is 4.90 Å². The molecule has 0 spiro atoms. The van der Waals surface area contributed by atoms with Crippen molar-refractivity contribution >= 4 is 0 Å². The summed E-state index contributed by atoms with van der Waals surface area (Å²) in [5.41, 5.74) is 5.90. The van der Waals surface area contributed by atoms with Crippen LogP contribution >= 0.6 is 0 Å². The molecular weight excluding hydrogens is 240 g/mol. The van der Waals surface area contributed by atoms with Gasteiger partial charge in [-0.25, -0.2) is 0 Å². The Morgan fingerprint density at radius 3 is 2.79 bits per heavy atom. The average Bonchev–Trinajstić information content (AvgIpc) is 2.36. The first-order valence-electron chi connectivity index (χ1n) is 6.84. The lowest BCUT2D eigenvalue weighted by Crippen LogP contribution is -2.52. The Hall–Kier alpha value is -1.10. The Bertz CT molecular complexity index is 375.